The zero-order valence-corrected chi connectivity index (χ0v) is 11.8. The zero-order chi connectivity index (χ0) is 14.0. The first-order valence-corrected chi connectivity index (χ1v) is 6.40. The molecule has 1 heterocycles. The fraction of sp³-hybridized carbons (Fsp3) is 0.333. The van der Waals surface area contributed by atoms with E-state index in [0.717, 1.165) is 23.4 Å². The van der Waals surface area contributed by atoms with Crippen LogP contribution in [0.3, 0.4) is 0 Å². The van der Waals surface area contributed by atoms with E-state index >= 15 is 0 Å². The first-order valence-electron chi connectivity index (χ1n) is 6.40. The van der Waals surface area contributed by atoms with Gasteiger partial charge >= 0.3 is 0 Å². The van der Waals surface area contributed by atoms with E-state index in [0.29, 0.717) is 11.4 Å². The summed E-state index contributed by atoms with van der Waals surface area (Å²) in [6.45, 7) is 3.82. The molecule has 1 aromatic carbocycles. The monoisotopic (exact) mass is 257 g/mol. The molecule has 0 aliphatic heterocycles. The third-order valence-electron chi connectivity index (χ3n) is 3.24. The van der Waals surface area contributed by atoms with Crippen LogP contribution in [0.25, 0.3) is 11.4 Å². The molecule has 4 heteroatoms. The van der Waals surface area contributed by atoms with Crippen LogP contribution in [0.2, 0.25) is 0 Å². The lowest BCUT2D eigenvalue weighted by atomic mass is 10.1. The quantitative estimate of drug-likeness (QED) is 0.918. The van der Waals surface area contributed by atoms with Crippen molar-refractivity contribution in [1.82, 2.24) is 9.97 Å². The number of aryl methyl sites for hydroxylation is 1. The average Bonchev–Trinajstić information content (AvgIpc) is 2.41. The molecule has 1 aromatic heterocycles. The normalized spacial score (nSPS) is 10.5. The lowest BCUT2D eigenvalue weighted by Gasteiger charge is -2.12. The molecule has 0 spiro atoms. The van der Waals surface area contributed by atoms with Crippen LogP contribution in [-0.4, -0.2) is 24.1 Å². The minimum atomic E-state index is -0.0569. The first-order chi connectivity index (χ1) is 9.02. The van der Waals surface area contributed by atoms with Gasteiger partial charge in [0.15, 0.2) is 0 Å². The standard InChI is InChI=1S/C15H19N3O/c1-5-13-10(2)15(19)17-14(16-13)11-6-8-12(9-7-11)18(3)4/h6-9H,5H2,1-4H3,(H,16,17,19). The molecule has 2 rings (SSSR count). The molecule has 1 N–H and O–H groups in total. The molecule has 100 valence electrons. The number of aromatic nitrogens is 2. The van der Waals surface area contributed by atoms with Crippen LogP contribution in [0.4, 0.5) is 5.69 Å². The summed E-state index contributed by atoms with van der Waals surface area (Å²) in [6.07, 6.45) is 0.762. The van der Waals surface area contributed by atoms with Crippen molar-refractivity contribution < 1.29 is 0 Å². The Bertz CT molecular complexity index is 627. The number of nitrogens with zero attached hydrogens (tertiary/aromatic N) is 2. The van der Waals surface area contributed by atoms with Gasteiger partial charge in [0.05, 0.1) is 5.69 Å². The third-order valence-corrected chi connectivity index (χ3v) is 3.24. The molecule has 4 nitrogen and oxygen atoms in total. The Labute approximate surface area is 113 Å². The van der Waals surface area contributed by atoms with Crippen LogP contribution in [0.5, 0.6) is 0 Å². The Kier molecular flexibility index (Phi) is 3.69. The van der Waals surface area contributed by atoms with Crippen LogP contribution in [0.15, 0.2) is 29.1 Å². The van der Waals surface area contributed by atoms with Crippen LogP contribution < -0.4 is 10.5 Å². The van der Waals surface area contributed by atoms with Crippen molar-refractivity contribution in [2.75, 3.05) is 19.0 Å². The molecule has 0 amide bonds. The number of benzene rings is 1. The highest BCUT2D eigenvalue weighted by molar-refractivity contribution is 5.60. The summed E-state index contributed by atoms with van der Waals surface area (Å²) in [7, 11) is 3.99. The fourth-order valence-electron chi connectivity index (χ4n) is 1.98. The summed E-state index contributed by atoms with van der Waals surface area (Å²) in [6, 6.07) is 7.98. The number of hydrogen-bond donors (Lipinski definition) is 1. The van der Waals surface area contributed by atoms with Gasteiger partial charge in [-0.05, 0) is 37.6 Å². The van der Waals surface area contributed by atoms with Gasteiger partial charge in [0.2, 0.25) is 0 Å². The van der Waals surface area contributed by atoms with E-state index in [4.69, 9.17) is 0 Å². The second-order valence-electron chi connectivity index (χ2n) is 4.78. The van der Waals surface area contributed by atoms with E-state index in [1.54, 1.807) is 0 Å². The number of H-pyrrole nitrogens is 1. The van der Waals surface area contributed by atoms with E-state index in [2.05, 4.69) is 9.97 Å². The summed E-state index contributed by atoms with van der Waals surface area (Å²) >= 11 is 0. The molecule has 0 saturated carbocycles. The van der Waals surface area contributed by atoms with Gasteiger partial charge < -0.3 is 9.88 Å². The third kappa shape index (κ3) is 2.67. The Balaban J connectivity index is 2.47. The van der Waals surface area contributed by atoms with E-state index in [1.165, 1.54) is 0 Å². The minimum Gasteiger partial charge on any atom is -0.378 e. The van der Waals surface area contributed by atoms with Crippen LogP contribution in [0, 0.1) is 6.92 Å². The van der Waals surface area contributed by atoms with Gasteiger partial charge in [-0.25, -0.2) is 4.98 Å². The van der Waals surface area contributed by atoms with Crippen LogP contribution in [0.1, 0.15) is 18.2 Å². The van der Waals surface area contributed by atoms with Crippen molar-refractivity contribution in [2.45, 2.75) is 20.3 Å². The summed E-state index contributed by atoms with van der Waals surface area (Å²) in [5.74, 6) is 0.637. The maximum absolute atomic E-state index is 11.9. The number of nitrogens with one attached hydrogen (secondary N) is 1. The molecule has 0 radical (unpaired) electrons. The van der Waals surface area contributed by atoms with Crippen molar-refractivity contribution in [3.05, 3.63) is 45.9 Å². The Morgan fingerprint density at radius 3 is 2.37 bits per heavy atom. The van der Waals surface area contributed by atoms with Crippen molar-refractivity contribution in [3.63, 3.8) is 0 Å². The van der Waals surface area contributed by atoms with E-state index in [-0.39, 0.29) is 5.56 Å². The largest absolute Gasteiger partial charge is 0.378 e. The molecule has 0 unspecified atom stereocenters. The molecule has 0 fully saturated rings. The zero-order valence-electron chi connectivity index (χ0n) is 11.8. The van der Waals surface area contributed by atoms with Gasteiger partial charge in [-0.3, -0.25) is 4.79 Å². The van der Waals surface area contributed by atoms with Crippen LogP contribution >= 0.6 is 0 Å². The Morgan fingerprint density at radius 2 is 1.84 bits per heavy atom. The molecule has 19 heavy (non-hydrogen) atoms. The molecule has 0 saturated heterocycles. The highest BCUT2D eigenvalue weighted by Crippen LogP contribution is 2.19. The van der Waals surface area contributed by atoms with Gasteiger partial charge in [-0.2, -0.15) is 0 Å². The second kappa shape index (κ2) is 5.26. The number of rotatable bonds is 3. The molecule has 0 aliphatic rings. The van der Waals surface area contributed by atoms with Gasteiger partial charge in [-0.15, -0.1) is 0 Å². The second-order valence-corrected chi connectivity index (χ2v) is 4.78. The minimum absolute atomic E-state index is 0.0569. The van der Waals surface area contributed by atoms with E-state index < -0.39 is 0 Å². The SMILES string of the molecule is CCc1nc(-c2ccc(N(C)C)cc2)[nH]c(=O)c1C. The van der Waals surface area contributed by atoms with Gasteiger partial charge in [0.25, 0.3) is 5.56 Å². The van der Waals surface area contributed by atoms with Gasteiger partial charge in [0.1, 0.15) is 5.82 Å². The molecule has 0 aliphatic carbocycles. The van der Waals surface area contributed by atoms with Gasteiger partial charge in [0, 0.05) is 30.9 Å². The number of anilines is 1. The lowest BCUT2D eigenvalue weighted by molar-refractivity contribution is 0.955. The number of aromatic amines is 1. The molecule has 2 aromatic rings. The van der Waals surface area contributed by atoms with Crippen molar-refractivity contribution in [3.8, 4) is 11.4 Å². The molecular weight excluding hydrogens is 238 g/mol. The number of hydrogen-bond acceptors (Lipinski definition) is 3. The smallest absolute Gasteiger partial charge is 0.254 e. The summed E-state index contributed by atoms with van der Waals surface area (Å²) in [5.41, 5.74) is 3.55. The lowest BCUT2D eigenvalue weighted by Crippen LogP contribution is -2.15. The van der Waals surface area contributed by atoms with Crippen molar-refractivity contribution >= 4 is 5.69 Å². The Hall–Kier alpha value is -2.10. The van der Waals surface area contributed by atoms with Crippen molar-refractivity contribution in [2.24, 2.45) is 0 Å². The first kappa shape index (κ1) is 13.3. The fourth-order valence-corrected chi connectivity index (χ4v) is 1.98. The van der Waals surface area contributed by atoms with E-state index in [9.17, 15) is 4.79 Å². The Morgan fingerprint density at radius 1 is 1.21 bits per heavy atom. The highest BCUT2D eigenvalue weighted by atomic mass is 16.1. The van der Waals surface area contributed by atoms with Crippen LogP contribution in [-0.2, 0) is 6.42 Å². The predicted molar refractivity (Wildman–Crippen MR) is 78.7 cm³/mol. The van der Waals surface area contributed by atoms with E-state index in [1.807, 2.05) is 57.1 Å². The summed E-state index contributed by atoms with van der Waals surface area (Å²) in [4.78, 5) is 21.3. The average molecular weight is 257 g/mol. The predicted octanol–water partition coefficient (Wildman–Crippen LogP) is 2.37. The molecule has 0 atom stereocenters. The topological polar surface area (TPSA) is 49.0 Å². The van der Waals surface area contributed by atoms with Gasteiger partial charge in [-0.1, -0.05) is 6.92 Å². The highest BCUT2D eigenvalue weighted by Gasteiger charge is 2.07. The maximum atomic E-state index is 11.9. The van der Waals surface area contributed by atoms with Crippen molar-refractivity contribution in [1.29, 1.82) is 0 Å². The molecule has 0 bridgehead atoms. The molecular formula is C15H19N3O. The summed E-state index contributed by atoms with van der Waals surface area (Å²) < 4.78 is 0. The maximum Gasteiger partial charge on any atom is 0.254 e. The summed E-state index contributed by atoms with van der Waals surface area (Å²) in [5, 5.41) is 0.